The Labute approximate surface area is 126 Å². The number of hydrogen-bond donors (Lipinski definition) is 2. The summed E-state index contributed by atoms with van der Waals surface area (Å²) in [5.41, 5.74) is 4.21. The van der Waals surface area contributed by atoms with E-state index in [1.54, 1.807) is 0 Å². The molecule has 0 saturated heterocycles. The fourth-order valence-corrected chi connectivity index (χ4v) is 2.27. The van der Waals surface area contributed by atoms with Gasteiger partial charge in [-0.25, -0.2) is 0 Å². The van der Waals surface area contributed by atoms with Gasteiger partial charge in [0, 0.05) is 11.4 Å². The van der Waals surface area contributed by atoms with Gasteiger partial charge in [-0.15, -0.1) is 0 Å². The first-order valence-electron chi connectivity index (χ1n) is 7.30. The highest BCUT2D eigenvalue weighted by molar-refractivity contribution is 5.96. The Bertz CT molecular complexity index is 608. The molecule has 0 fully saturated rings. The van der Waals surface area contributed by atoms with E-state index in [1.165, 1.54) is 5.56 Å². The second kappa shape index (κ2) is 6.93. The normalized spacial score (nSPS) is 11.8. The first kappa shape index (κ1) is 15.1. The van der Waals surface area contributed by atoms with Crippen molar-refractivity contribution in [3.8, 4) is 0 Å². The highest BCUT2D eigenvalue weighted by Gasteiger charge is 2.16. The van der Waals surface area contributed by atoms with Gasteiger partial charge in [0.15, 0.2) is 0 Å². The zero-order valence-corrected chi connectivity index (χ0v) is 12.8. The minimum Gasteiger partial charge on any atom is -0.373 e. The van der Waals surface area contributed by atoms with E-state index >= 15 is 0 Å². The fraction of sp³-hybridized carbons (Fsp3) is 0.278. The molecule has 0 unspecified atom stereocenters. The molecule has 110 valence electrons. The van der Waals surface area contributed by atoms with Crippen molar-refractivity contribution >= 4 is 17.3 Å². The Morgan fingerprint density at radius 2 is 1.81 bits per heavy atom. The Morgan fingerprint density at radius 3 is 2.43 bits per heavy atom. The lowest BCUT2D eigenvalue weighted by Gasteiger charge is -2.19. The van der Waals surface area contributed by atoms with Gasteiger partial charge in [0.25, 0.3) is 0 Å². The van der Waals surface area contributed by atoms with E-state index < -0.39 is 0 Å². The fourth-order valence-electron chi connectivity index (χ4n) is 2.27. The van der Waals surface area contributed by atoms with Crippen LogP contribution >= 0.6 is 0 Å². The lowest BCUT2D eigenvalue weighted by atomic mass is 10.1. The van der Waals surface area contributed by atoms with Crippen molar-refractivity contribution in [3.63, 3.8) is 0 Å². The second-order valence-electron chi connectivity index (χ2n) is 5.28. The van der Waals surface area contributed by atoms with Crippen molar-refractivity contribution in [2.45, 2.75) is 33.2 Å². The zero-order chi connectivity index (χ0) is 15.2. The molecule has 3 heteroatoms. The molecule has 0 bridgehead atoms. The van der Waals surface area contributed by atoms with Crippen LogP contribution in [-0.4, -0.2) is 11.9 Å². The maximum Gasteiger partial charge on any atom is 0.246 e. The van der Waals surface area contributed by atoms with Gasteiger partial charge in [-0.1, -0.05) is 42.8 Å². The van der Waals surface area contributed by atoms with Crippen molar-refractivity contribution < 1.29 is 4.79 Å². The lowest BCUT2D eigenvalue weighted by molar-refractivity contribution is -0.116. The Balaban J connectivity index is 2.07. The molecule has 0 heterocycles. The summed E-state index contributed by atoms with van der Waals surface area (Å²) in [6.07, 6.45) is 0.728. The van der Waals surface area contributed by atoms with Gasteiger partial charge in [0.1, 0.15) is 6.04 Å². The smallest absolute Gasteiger partial charge is 0.246 e. The van der Waals surface area contributed by atoms with Crippen molar-refractivity contribution in [1.29, 1.82) is 0 Å². The predicted octanol–water partition coefficient (Wildman–Crippen LogP) is 4.13. The van der Waals surface area contributed by atoms with Crippen LogP contribution in [-0.2, 0) is 4.79 Å². The molecule has 0 radical (unpaired) electrons. The molecule has 2 aromatic rings. The van der Waals surface area contributed by atoms with Gasteiger partial charge < -0.3 is 10.6 Å². The van der Waals surface area contributed by atoms with Crippen molar-refractivity contribution in [3.05, 3.63) is 59.7 Å². The number of anilines is 2. The Morgan fingerprint density at radius 1 is 1.10 bits per heavy atom. The summed E-state index contributed by atoms with van der Waals surface area (Å²) in [6, 6.07) is 15.5. The summed E-state index contributed by atoms with van der Waals surface area (Å²) in [5, 5.41) is 6.27. The summed E-state index contributed by atoms with van der Waals surface area (Å²) in [6.45, 7) is 6.12. The molecule has 2 rings (SSSR count). The van der Waals surface area contributed by atoms with E-state index in [0.29, 0.717) is 0 Å². The molecule has 0 aliphatic heterocycles. The van der Waals surface area contributed by atoms with Crippen LogP contribution in [0.25, 0.3) is 0 Å². The van der Waals surface area contributed by atoms with Crippen LogP contribution in [0.2, 0.25) is 0 Å². The van der Waals surface area contributed by atoms with Crippen molar-refractivity contribution in [2.75, 3.05) is 10.6 Å². The molecule has 21 heavy (non-hydrogen) atoms. The number of aryl methyl sites for hydroxylation is 2. The van der Waals surface area contributed by atoms with E-state index in [1.807, 2.05) is 43.3 Å². The van der Waals surface area contributed by atoms with Gasteiger partial charge in [-0.05, 0) is 44.0 Å². The van der Waals surface area contributed by atoms with E-state index in [4.69, 9.17) is 0 Å². The molecule has 0 spiro atoms. The molecular formula is C18H22N2O. The van der Waals surface area contributed by atoms with Gasteiger partial charge >= 0.3 is 0 Å². The van der Waals surface area contributed by atoms with Crippen LogP contribution < -0.4 is 10.6 Å². The third-order valence-corrected chi connectivity index (χ3v) is 3.48. The van der Waals surface area contributed by atoms with Gasteiger partial charge in [0.2, 0.25) is 5.91 Å². The average Bonchev–Trinajstić information content (AvgIpc) is 2.47. The van der Waals surface area contributed by atoms with Crippen LogP contribution in [0, 0.1) is 13.8 Å². The molecule has 0 aliphatic carbocycles. The number of hydrogen-bond acceptors (Lipinski definition) is 2. The highest BCUT2D eigenvalue weighted by atomic mass is 16.2. The number of carbonyl (C=O) groups excluding carboxylic acids is 1. The van der Waals surface area contributed by atoms with Crippen LogP contribution in [0.5, 0.6) is 0 Å². The van der Waals surface area contributed by atoms with E-state index in [9.17, 15) is 4.79 Å². The molecule has 2 N–H and O–H groups in total. The van der Waals surface area contributed by atoms with Crippen LogP contribution in [0.1, 0.15) is 24.5 Å². The van der Waals surface area contributed by atoms with Crippen molar-refractivity contribution in [2.24, 2.45) is 0 Å². The average molecular weight is 282 g/mol. The zero-order valence-electron chi connectivity index (χ0n) is 12.8. The third-order valence-electron chi connectivity index (χ3n) is 3.48. The van der Waals surface area contributed by atoms with E-state index in [0.717, 1.165) is 23.4 Å². The molecule has 2 aromatic carbocycles. The Kier molecular flexibility index (Phi) is 4.99. The van der Waals surface area contributed by atoms with Crippen molar-refractivity contribution in [1.82, 2.24) is 0 Å². The number of rotatable bonds is 5. The SMILES string of the molecule is CC[C@@H](Nc1ccc(C)cc1C)C(=O)Nc1ccccc1. The minimum absolute atomic E-state index is 0.0105. The standard InChI is InChI=1S/C18H22N2O/c1-4-16(18(21)19-15-8-6-5-7-9-15)20-17-11-10-13(2)12-14(17)3/h5-12,16,20H,4H2,1-3H3,(H,19,21)/t16-/m1/s1. The summed E-state index contributed by atoms with van der Waals surface area (Å²) < 4.78 is 0. The summed E-state index contributed by atoms with van der Waals surface area (Å²) >= 11 is 0. The molecule has 0 aromatic heterocycles. The maximum atomic E-state index is 12.4. The third kappa shape index (κ3) is 4.09. The minimum atomic E-state index is -0.244. The largest absolute Gasteiger partial charge is 0.373 e. The molecule has 1 amide bonds. The quantitative estimate of drug-likeness (QED) is 0.865. The van der Waals surface area contributed by atoms with Crippen LogP contribution in [0.15, 0.2) is 48.5 Å². The van der Waals surface area contributed by atoms with E-state index in [2.05, 4.69) is 36.6 Å². The molecule has 1 atom stereocenters. The molecule has 3 nitrogen and oxygen atoms in total. The maximum absolute atomic E-state index is 12.4. The number of benzene rings is 2. The predicted molar refractivity (Wildman–Crippen MR) is 88.7 cm³/mol. The monoisotopic (exact) mass is 282 g/mol. The summed E-state index contributed by atoms with van der Waals surface area (Å²) in [5.74, 6) is -0.0105. The van der Waals surface area contributed by atoms with Crippen LogP contribution in [0.4, 0.5) is 11.4 Å². The summed E-state index contributed by atoms with van der Waals surface area (Å²) in [7, 11) is 0. The second-order valence-corrected chi connectivity index (χ2v) is 5.28. The van der Waals surface area contributed by atoms with E-state index in [-0.39, 0.29) is 11.9 Å². The molecule has 0 saturated carbocycles. The first-order chi connectivity index (χ1) is 10.1. The first-order valence-corrected chi connectivity index (χ1v) is 7.30. The highest BCUT2D eigenvalue weighted by Crippen LogP contribution is 2.18. The number of carbonyl (C=O) groups is 1. The molecule has 0 aliphatic rings. The number of nitrogens with one attached hydrogen (secondary N) is 2. The summed E-state index contributed by atoms with van der Waals surface area (Å²) in [4.78, 5) is 12.4. The van der Waals surface area contributed by atoms with Gasteiger partial charge in [-0.2, -0.15) is 0 Å². The Hall–Kier alpha value is -2.29. The topological polar surface area (TPSA) is 41.1 Å². The molecular weight excluding hydrogens is 260 g/mol. The van der Waals surface area contributed by atoms with Gasteiger partial charge in [0.05, 0.1) is 0 Å². The van der Waals surface area contributed by atoms with Gasteiger partial charge in [-0.3, -0.25) is 4.79 Å². The number of para-hydroxylation sites is 1. The number of amides is 1. The van der Waals surface area contributed by atoms with Crippen LogP contribution in [0.3, 0.4) is 0 Å². The lowest BCUT2D eigenvalue weighted by Crippen LogP contribution is -2.34.